The lowest BCUT2D eigenvalue weighted by Crippen LogP contribution is -2.14. The van der Waals surface area contributed by atoms with Gasteiger partial charge in [0.05, 0.1) is 0 Å². The first-order chi connectivity index (χ1) is 28.5. The van der Waals surface area contributed by atoms with Gasteiger partial charge in [-0.1, -0.05) is 159 Å². The van der Waals surface area contributed by atoms with E-state index in [1.54, 1.807) is 0 Å². The Hall–Kier alpha value is -7.43. The average molecular weight is 744 g/mol. The maximum absolute atomic E-state index is 6.40. The largest absolute Gasteiger partial charge is 0.456 e. The van der Waals surface area contributed by atoms with E-state index < -0.39 is 0 Å². The van der Waals surface area contributed by atoms with Gasteiger partial charge in [0.25, 0.3) is 0 Å². The lowest BCUT2D eigenvalue weighted by Gasteiger charge is -2.21. The van der Waals surface area contributed by atoms with Crippen LogP contribution in [-0.4, -0.2) is 15.0 Å². The number of nitrogens with zero attached hydrogens (tertiary/aromatic N) is 3. The summed E-state index contributed by atoms with van der Waals surface area (Å²) in [6.45, 7) is 4.66. The molecule has 2 aromatic heterocycles. The van der Waals surface area contributed by atoms with Crippen LogP contribution in [0, 0.1) is 0 Å². The van der Waals surface area contributed by atoms with Gasteiger partial charge in [0.15, 0.2) is 17.5 Å². The Morgan fingerprint density at radius 1 is 0.345 bits per heavy atom. The minimum atomic E-state index is -0.128. The van der Waals surface area contributed by atoms with E-state index in [-0.39, 0.29) is 5.41 Å². The van der Waals surface area contributed by atoms with Crippen LogP contribution in [-0.2, 0) is 5.41 Å². The molecule has 2 heterocycles. The Bertz CT molecular complexity index is 3200. The fourth-order valence-corrected chi connectivity index (χ4v) is 8.80. The SMILES string of the molecule is CC1(C)c2ccccc2-c2c(-c3cc(-c4ccc5c(c4)oc4ccccc45)cc(-c4nc(-c5ccccc5)nc(-c5cccc(-c6ccccc6)c5)n4)c3)cccc21. The van der Waals surface area contributed by atoms with Gasteiger partial charge in [-0.15, -0.1) is 0 Å². The summed E-state index contributed by atoms with van der Waals surface area (Å²) in [5, 5.41) is 2.21. The van der Waals surface area contributed by atoms with Crippen LogP contribution in [0.2, 0.25) is 0 Å². The topological polar surface area (TPSA) is 51.8 Å². The van der Waals surface area contributed by atoms with Gasteiger partial charge in [-0.25, -0.2) is 15.0 Å². The third-order valence-corrected chi connectivity index (χ3v) is 11.7. The first-order valence-corrected chi connectivity index (χ1v) is 19.8. The molecule has 58 heavy (non-hydrogen) atoms. The second kappa shape index (κ2) is 13.4. The minimum absolute atomic E-state index is 0.128. The van der Waals surface area contributed by atoms with Crippen LogP contribution in [0.15, 0.2) is 192 Å². The highest BCUT2D eigenvalue weighted by Crippen LogP contribution is 2.52. The van der Waals surface area contributed by atoms with Gasteiger partial charge < -0.3 is 4.42 Å². The molecule has 4 heteroatoms. The summed E-state index contributed by atoms with van der Waals surface area (Å²) < 4.78 is 6.40. The number of aromatic nitrogens is 3. The second-order valence-corrected chi connectivity index (χ2v) is 15.6. The predicted octanol–water partition coefficient (Wildman–Crippen LogP) is 14.1. The molecule has 0 bridgehead atoms. The fraction of sp³-hybridized carbons (Fsp3) is 0.0556. The smallest absolute Gasteiger partial charge is 0.164 e. The van der Waals surface area contributed by atoms with E-state index in [2.05, 4.69) is 166 Å². The molecule has 0 aliphatic heterocycles. The second-order valence-electron chi connectivity index (χ2n) is 15.6. The van der Waals surface area contributed by atoms with Crippen molar-refractivity contribution < 1.29 is 4.42 Å². The summed E-state index contributed by atoms with van der Waals surface area (Å²) in [6.07, 6.45) is 0. The number of hydrogen-bond donors (Lipinski definition) is 0. The Morgan fingerprint density at radius 2 is 0.879 bits per heavy atom. The maximum atomic E-state index is 6.40. The molecule has 0 amide bonds. The first kappa shape index (κ1) is 33.9. The average Bonchev–Trinajstić information content (AvgIpc) is 3.78. The van der Waals surface area contributed by atoms with Crippen molar-refractivity contribution in [2.45, 2.75) is 19.3 Å². The molecule has 8 aromatic carbocycles. The van der Waals surface area contributed by atoms with E-state index in [1.807, 2.05) is 36.4 Å². The highest BCUT2D eigenvalue weighted by Gasteiger charge is 2.36. The van der Waals surface area contributed by atoms with Gasteiger partial charge in [0, 0.05) is 32.9 Å². The molecule has 0 N–H and O–H groups in total. The molecule has 0 saturated heterocycles. The van der Waals surface area contributed by atoms with E-state index >= 15 is 0 Å². The zero-order chi connectivity index (χ0) is 38.8. The zero-order valence-electron chi connectivity index (χ0n) is 32.1. The third-order valence-electron chi connectivity index (χ3n) is 11.7. The van der Waals surface area contributed by atoms with Gasteiger partial charge in [-0.2, -0.15) is 0 Å². The molecule has 274 valence electrons. The number of furan rings is 1. The molecule has 0 spiro atoms. The number of hydrogen-bond acceptors (Lipinski definition) is 4. The molecule has 10 aromatic rings. The monoisotopic (exact) mass is 743 g/mol. The molecule has 0 saturated carbocycles. The molecule has 1 aliphatic rings. The van der Waals surface area contributed by atoms with Crippen LogP contribution in [0.25, 0.3) is 101 Å². The Labute approximate surface area is 337 Å². The molecule has 0 radical (unpaired) electrons. The van der Waals surface area contributed by atoms with Gasteiger partial charge in [-0.05, 0) is 98.1 Å². The Balaban J connectivity index is 1.15. The van der Waals surface area contributed by atoms with Crippen molar-refractivity contribution >= 4 is 21.9 Å². The highest BCUT2D eigenvalue weighted by atomic mass is 16.3. The first-order valence-electron chi connectivity index (χ1n) is 19.8. The molecular weight excluding hydrogens is 707 g/mol. The van der Waals surface area contributed by atoms with Crippen LogP contribution < -0.4 is 0 Å². The van der Waals surface area contributed by atoms with E-state index in [1.165, 1.54) is 27.8 Å². The fourth-order valence-electron chi connectivity index (χ4n) is 8.80. The van der Waals surface area contributed by atoms with Crippen molar-refractivity contribution in [1.82, 2.24) is 15.0 Å². The van der Waals surface area contributed by atoms with Crippen LogP contribution in [0.4, 0.5) is 0 Å². The highest BCUT2D eigenvalue weighted by molar-refractivity contribution is 6.06. The molecule has 11 rings (SSSR count). The van der Waals surface area contributed by atoms with Crippen LogP contribution in [0.1, 0.15) is 25.0 Å². The molecule has 0 unspecified atom stereocenters. The normalized spacial score (nSPS) is 12.8. The van der Waals surface area contributed by atoms with Crippen molar-refractivity contribution in [3.05, 3.63) is 199 Å². The Kier molecular flexibility index (Phi) is 7.80. The van der Waals surface area contributed by atoms with Crippen molar-refractivity contribution in [3.63, 3.8) is 0 Å². The minimum Gasteiger partial charge on any atom is -0.456 e. The van der Waals surface area contributed by atoms with E-state index in [0.29, 0.717) is 17.5 Å². The van der Waals surface area contributed by atoms with Crippen molar-refractivity contribution in [2.24, 2.45) is 0 Å². The Morgan fingerprint density at radius 3 is 1.71 bits per heavy atom. The number of fused-ring (bicyclic) bond motifs is 6. The summed E-state index contributed by atoms with van der Waals surface area (Å²) >= 11 is 0. The van der Waals surface area contributed by atoms with Crippen molar-refractivity contribution in [1.29, 1.82) is 0 Å². The molecule has 0 atom stereocenters. The van der Waals surface area contributed by atoms with Crippen LogP contribution in [0.5, 0.6) is 0 Å². The molecule has 0 fully saturated rings. The zero-order valence-corrected chi connectivity index (χ0v) is 32.1. The molecule has 4 nitrogen and oxygen atoms in total. The maximum Gasteiger partial charge on any atom is 0.164 e. The summed E-state index contributed by atoms with van der Waals surface area (Å²) in [5.41, 5.74) is 16.2. The van der Waals surface area contributed by atoms with Crippen LogP contribution >= 0.6 is 0 Å². The van der Waals surface area contributed by atoms with E-state index in [0.717, 1.165) is 66.4 Å². The van der Waals surface area contributed by atoms with E-state index in [9.17, 15) is 0 Å². The molecule has 1 aliphatic carbocycles. The summed E-state index contributed by atoms with van der Waals surface area (Å²) in [7, 11) is 0. The van der Waals surface area contributed by atoms with Crippen molar-refractivity contribution in [2.75, 3.05) is 0 Å². The van der Waals surface area contributed by atoms with Crippen molar-refractivity contribution in [3.8, 4) is 78.7 Å². The summed E-state index contributed by atoms with van der Waals surface area (Å²) in [5.74, 6) is 1.85. The molecular formula is C54H37N3O. The number of benzene rings is 8. The quantitative estimate of drug-likeness (QED) is 0.170. The lowest BCUT2D eigenvalue weighted by atomic mass is 9.82. The standard InChI is InChI=1S/C54H37N3O/c1-54(2)46-24-11-9-22-45(46)50-42(23-14-25-47(50)54)40-30-39(37-27-28-44-43-21-10-12-26-48(43)58-49(44)33-37)31-41(32-40)53-56-51(35-17-7-4-8-18-35)55-52(57-53)38-20-13-19-36(29-38)34-15-5-3-6-16-34/h3-33H,1-2H3. The predicted molar refractivity (Wildman–Crippen MR) is 237 cm³/mol. The van der Waals surface area contributed by atoms with Gasteiger partial charge in [0.1, 0.15) is 11.2 Å². The van der Waals surface area contributed by atoms with Crippen LogP contribution in [0.3, 0.4) is 0 Å². The van der Waals surface area contributed by atoms with E-state index in [4.69, 9.17) is 19.4 Å². The van der Waals surface area contributed by atoms with Gasteiger partial charge >= 0.3 is 0 Å². The third kappa shape index (κ3) is 5.64. The summed E-state index contributed by atoms with van der Waals surface area (Å²) in [6, 6.07) is 66.2. The lowest BCUT2D eigenvalue weighted by molar-refractivity contribution is 0.660. The van der Waals surface area contributed by atoms with Gasteiger partial charge in [-0.3, -0.25) is 0 Å². The number of para-hydroxylation sites is 1. The number of rotatable bonds is 6. The summed E-state index contributed by atoms with van der Waals surface area (Å²) in [4.78, 5) is 15.6. The van der Waals surface area contributed by atoms with Gasteiger partial charge in [0.2, 0.25) is 0 Å².